The summed E-state index contributed by atoms with van der Waals surface area (Å²) in [6.45, 7) is 3.13. The number of benzene rings is 2. The third-order valence-corrected chi connectivity index (χ3v) is 5.28. The Balaban J connectivity index is 1.47. The van der Waals surface area contributed by atoms with Gasteiger partial charge in [0.05, 0.1) is 6.10 Å². The molecule has 0 bridgehead atoms. The summed E-state index contributed by atoms with van der Waals surface area (Å²) < 4.78 is 10.9. The molecule has 1 fully saturated rings. The molecule has 2 atom stereocenters. The van der Waals surface area contributed by atoms with Gasteiger partial charge in [-0.05, 0) is 25.3 Å². The molecule has 7 heteroatoms. The predicted molar refractivity (Wildman–Crippen MR) is 115 cm³/mol. The maximum absolute atomic E-state index is 12.9. The van der Waals surface area contributed by atoms with Gasteiger partial charge in [-0.1, -0.05) is 65.3 Å². The maximum atomic E-state index is 12.9. The number of amides is 2. The van der Waals surface area contributed by atoms with E-state index in [0.717, 1.165) is 30.6 Å². The van der Waals surface area contributed by atoms with Gasteiger partial charge < -0.3 is 19.9 Å². The zero-order chi connectivity index (χ0) is 21.6. The Morgan fingerprint density at radius 1 is 1.13 bits per heavy atom. The van der Waals surface area contributed by atoms with Crippen molar-refractivity contribution in [2.45, 2.75) is 31.9 Å². The molecular formula is C24H25N3O4. The summed E-state index contributed by atoms with van der Waals surface area (Å²) in [5.41, 5.74) is 2.75. The minimum Gasteiger partial charge on any atom is -0.376 e. The lowest BCUT2D eigenvalue weighted by atomic mass is 10.1. The SMILES string of the molecule is Cc1ccc(-c2cc(C(=O)NC(C(=O)NCC3CCCO3)c3ccccc3)no2)cc1. The second kappa shape index (κ2) is 9.57. The molecule has 1 aliphatic rings. The van der Waals surface area contributed by atoms with Crippen LogP contribution in [0.5, 0.6) is 0 Å². The van der Waals surface area contributed by atoms with Crippen LogP contribution in [0.2, 0.25) is 0 Å². The fourth-order valence-corrected chi connectivity index (χ4v) is 3.51. The first kappa shape index (κ1) is 20.8. The quantitative estimate of drug-likeness (QED) is 0.612. The molecular weight excluding hydrogens is 394 g/mol. The summed E-state index contributed by atoms with van der Waals surface area (Å²) in [6, 6.07) is 17.6. The van der Waals surface area contributed by atoms with E-state index in [9.17, 15) is 9.59 Å². The molecule has 2 N–H and O–H groups in total. The summed E-state index contributed by atoms with van der Waals surface area (Å²) in [5, 5.41) is 9.57. The van der Waals surface area contributed by atoms with Gasteiger partial charge in [0.1, 0.15) is 6.04 Å². The molecule has 1 aliphatic heterocycles. The Kier molecular flexibility index (Phi) is 6.43. The molecule has 0 aliphatic carbocycles. The van der Waals surface area contributed by atoms with Crippen molar-refractivity contribution in [1.29, 1.82) is 0 Å². The lowest BCUT2D eigenvalue weighted by molar-refractivity contribution is -0.123. The molecule has 2 heterocycles. The van der Waals surface area contributed by atoms with E-state index in [0.29, 0.717) is 17.9 Å². The van der Waals surface area contributed by atoms with Crippen LogP contribution >= 0.6 is 0 Å². The van der Waals surface area contributed by atoms with E-state index in [2.05, 4.69) is 15.8 Å². The van der Waals surface area contributed by atoms with E-state index in [4.69, 9.17) is 9.26 Å². The van der Waals surface area contributed by atoms with Gasteiger partial charge in [0.15, 0.2) is 11.5 Å². The lowest BCUT2D eigenvalue weighted by Crippen LogP contribution is -2.42. The van der Waals surface area contributed by atoms with Crippen LogP contribution in [-0.4, -0.2) is 36.2 Å². The topological polar surface area (TPSA) is 93.5 Å². The number of hydrogen-bond acceptors (Lipinski definition) is 5. The molecule has 2 amide bonds. The predicted octanol–water partition coefficient (Wildman–Crippen LogP) is 3.42. The second-order valence-electron chi connectivity index (χ2n) is 7.64. The van der Waals surface area contributed by atoms with Gasteiger partial charge in [-0.3, -0.25) is 9.59 Å². The van der Waals surface area contributed by atoms with E-state index in [1.165, 1.54) is 0 Å². The molecule has 1 saturated heterocycles. The van der Waals surface area contributed by atoms with Crippen LogP contribution < -0.4 is 10.6 Å². The number of nitrogens with zero attached hydrogens (tertiary/aromatic N) is 1. The Morgan fingerprint density at radius 3 is 2.61 bits per heavy atom. The van der Waals surface area contributed by atoms with Crippen LogP contribution in [0, 0.1) is 6.92 Å². The molecule has 2 unspecified atom stereocenters. The standard InChI is InChI=1S/C24H25N3O4/c1-16-9-11-17(12-10-16)21-14-20(27-31-21)23(28)26-22(18-6-3-2-4-7-18)24(29)25-15-19-8-5-13-30-19/h2-4,6-7,9-12,14,19,22H,5,8,13,15H2,1H3,(H,25,29)(H,26,28). The number of carbonyl (C=O) groups is 2. The maximum Gasteiger partial charge on any atom is 0.274 e. The highest BCUT2D eigenvalue weighted by Crippen LogP contribution is 2.21. The van der Waals surface area contributed by atoms with Crippen molar-refractivity contribution in [2.75, 3.05) is 13.2 Å². The number of hydrogen-bond donors (Lipinski definition) is 2. The summed E-state index contributed by atoms with van der Waals surface area (Å²) >= 11 is 0. The van der Waals surface area contributed by atoms with Crippen molar-refractivity contribution in [1.82, 2.24) is 15.8 Å². The molecule has 4 rings (SSSR count). The van der Waals surface area contributed by atoms with Crippen molar-refractivity contribution in [3.05, 3.63) is 77.5 Å². The zero-order valence-corrected chi connectivity index (χ0v) is 17.3. The highest BCUT2D eigenvalue weighted by Gasteiger charge is 2.26. The van der Waals surface area contributed by atoms with Gasteiger partial charge in [0, 0.05) is 24.8 Å². The van der Waals surface area contributed by atoms with Crippen LogP contribution in [0.4, 0.5) is 0 Å². The van der Waals surface area contributed by atoms with Crippen LogP contribution in [0.1, 0.15) is 40.5 Å². The highest BCUT2D eigenvalue weighted by atomic mass is 16.5. The highest BCUT2D eigenvalue weighted by molar-refractivity contribution is 5.97. The minimum absolute atomic E-state index is 0.0173. The molecule has 160 valence electrons. The van der Waals surface area contributed by atoms with Crippen LogP contribution in [0.15, 0.2) is 65.2 Å². The van der Waals surface area contributed by atoms with E-state index >= 15 is 0 Å². The van der Waals surface area contributed by atoms with Gasteiger partial charge in [0.25, 0.3) is 5.91 Å². The molecule has 0 spiro atoms. The molecule has 0 saturated carbocycles. The number of ether oxygens (including phenoxy) is 1. The third kappa shape index (κ3) is 5.19. The normalized spacial score (nSPS) is 16.6. The lowest BCUT2D eigenvalue weighted by Gasteiger charge is -2.19. The van der Waals surface area contributed by atoms with E-state index in [1.807, 2.05) is 49.4 Å². The Bertz CT molecular complexity index is 1020. The van der Waals surface area contributed by atoms with E-state index < -0.39 is 11.9 Å². The third-order valence-electron chi connectivity index (χ3n) is 5.28. The van der Waals surface area contributed by atoms with Crippen molar-refractivity contribution < 1.29 is 18.8 Å². The van der Waals surface area contributed by atoms with Crippen molar-refractivity contribution in [3.8, 4) is 11.3 Å². The van der Waals surface area contributed by atoms with Crippen LogP contribution in [0.3, 0.4) is 0 Å². The van der Waals surface area contributed by atoms with Gasteiger partial charge in [-0.2, -0.15) is 0 Å². The Hall–Kier alpha value is -3.45. The Labute approximate surface area is 180 Å². The monoisotopic (exact) mass is 419 g/mol. The van der Waals surface area contributed by atoms with E-state index in [-0.39, 0.29) is 17.7 Å². The number of rotatable bonds is 7. The average molecular weight is 419 g/mol. The average Bonchev–Trinajstić information content (AvgIpc) is 3.49. The Morgan fingerprint density at radius 2 is 1.90 bits per heavy atom. The molecule has 2 aromatic carbocycles. The zero-order valence-electron chi connectivity index (χ0n) is 17.3. The second-order valence-corrected chi connectivity index (χ2v) is 7.64. The first-order chi connectivity index (χ1) is 15.1. The number of nitrogens with one attached hydrogen (secondary N) is 2. The van der Waals surface area contributed by atoms with E-state index in [1.54, 1.807) is 18.2 Å². The fourth-order valence-electron chi connectivity index (χ4n) is 3.51. The largest absolute Gasteiger partial charge is 0.376 e. The van der Waals surface area contributed by atoms with Gasteiger partial charge in [-0.15, -0.1) is 0 Å². The first-order valence-electron chi connectivity index (χ1n) is 10.4. The molecule has 1 aromatic heterocycles. The number of carbonyl (C=O) groups excluding carboxylic acids is 2. The number of aromatic nitrogens is 1. The van der Waals surface area contributed by atoms with Crippen LogP contribution in [-0.2, 0) is 9.53 Å². The summed E-state index contributed by atoms with van der Waals surface area (Å²) in [5.74, 6) is -0.287. The summed E-state index contributed by atoms with van der Waals surface area (Å²) in [6.07, 6.45) is 1.93. The molecule has 3 aromatic rings. The molecule has 7 nitrogen and oxygen atoms in total. The molecule has 31 heavy (non-hydrogen) atoms. The summed E-state index contributed by atoms with van der Waals surface area (Å²) in [7, 11) is 0. The smallest absolute Gasteiger partial charge is 0.274 e. The first-order valence-corrected chi connectivity index (χ1v) is 10.4. The van der Waals surface area contributed by atoms with Crippen molar-refractivity contribution >= 4 is 11.8 Å². The minimum atomic E-state index is -0.852. The van der Waals surface area contributed by atoms with Crippen molar-refractivity contribution in [3.63, 3.8) is 0 Å². The fraction of sp³-hybridized carbons (Fsp3) is 0.292. The number of aryl methyl sites for hydroxylation is 1. The van der Waals surface area contributed by atoms with Gasteiger partial charge in [0.2, 0.25) is 5.91 Å². The van der Waals surface area contributed by atoms with Crippen LogP contribution in [0.25, 0.3) is 11.3 Å². The van der Waals surface area contributed by atoms with Gasteiger partial charge >= 0.3 is 0 Å². The van der Waals surface area contributed by atoms with Gasteiger partial charge in [-0.25, -0.2) is 0 Å². The van der Waals surface area contributed by atoms with Crippen molar-refractivity contribution in [2.24, 2.45) is 0 Å². The summed E-state index contributed by atoms with van der Waals surface area (Å²) in [4.78, 5) is 25.8. The molecule has 0 radical (unpaired) electrons.